The molecule has 22 heavy (non-hydrogen) atoms. The Balaban J connectivity index is 1.85. The van der Waals surface area contributed by atoms with Crippen LogP contribution in [0.2, 0.25) is 0 Å². The molecule has 0 amide bonds. The van der Waals surface area contributed by atoms with Crippen LogP contribution in [0.25, 0.3) is 27.7 Å². The van der Waals surface area contributed by atoms with Crippen molar-refractivity contribution in [2.45, 2.75) is 0 Å². The highest BCUT2D eigenvalue weighted by Crippen LogP contribution is 2.19. The molecule has 3 aromatic carbocycles. The van der Waals surface area contributed by atoms with Gasteiger partial charge < -0.3 is 0 Å². The molecule has 4 aromatic rings. The molecule has 0 radical (unpaired) electrons. The summed E-state index contributed by atoms with van der Waals surface area (Å²) in [6.07, 6.45) is 0. The SMILES string of the molecule is O=c1cc(-c2ccccc2)[nH]n1-c1ccc2ccccc2c1. The Labute approximate surface area is 127 Å². The van der Waals surface area contributed by atoms with Crippen molar-refractivity contribution >= 4 is 10.8 Å². The smallest absolute Gasteiger partial charge is 0.271 e. The number of rotatable bonds is 2. The van der Waals surface area contributed by atoms with Crippen LogP contribution in [0.15, 0.2) is 83.7 Å². The first-order valence-electron chi connectivity index (χ1n) is 7.18. The van der Waals surface area contributed by atoms with Crippen molar-refractivity contribution in [2.24, 2.45) is 0 Å². The summed E-state index contributed by atoms with van der Waals surface area (Å²) in [5, 5.41) is 5.46. The van der Waals surface area contributed by atoms with Crippen LogP contribution in [0.5, 0.6) is 0 Å². The van der Waals surface area contributed by atoms with Crippen molar-refractivity contribution in [1.82, 2.24) is 9.78 Å². The first-order chi connectivity index (χ1) is 10.8. The molecule has 0 fully saturated rings. The third-order valence-electron chi connectivity index (χ3n) is 3.80. The molecule has 106 valence electrons. The number of fused-ring (bicyclic) bond motifs is 1. The molecule has 0 spiro atoms. The van der Waals surface area contributed by atoms with E-state index < -0.39 is 0 Å². The van der Waals surface area contributed by atoms with Gasteiger partial charge in [0.2, 0.25) is 0 Å². The average Bonchev–Trinajstić information content (AvgIpc) is 2.97. The molecular weight excluding hydrogens is 272 g/mol. The maximum atomic E-state index is 12.3. The fourth-order valence-corrected chi connectivity index (χ4v) is 2.67. The van der Waals surface area contributed by atoms with Crippen LogP contribution in [0.1, 0.15) is 0 Å². The summed E-state index contributed by atoms with van der Waals surface area (Å²) in [5.41, 5.74) is 2.60. The van der Waals surface area contributed by atoms with Gasteiger partial charge in [0.05, 0.1) is 11.4 Å². The maximum Gasteiger partial charge on any atom is 0.271 e. The van der Waals surface area contributed by atoms with Crippen LogP contribution in [0, 0.1) is 0 Å². The second-order valence-corrected chi connectivity index (χ2v) is 5.24. The fourth-order valence-electron chi connectivity index (χ4n) is 2.67. The van der Waals surface area contributed by atoms with E-state index >= 15 is 0 Å². The van der Waals surface area contributed by atoms with Crippen molar-refractivity contribution in [3.05, 3.63) is 89.2 Å². The Kier molecular flexibility index (Phi) is 2.90. The zero-order chi connectivity index (χ0) is 14.9. The molecule has 0 saturated carbocycles. The van der Waals surface area contributed by atoms with Crippen molar-refractivity contribution < 1.29 is 0 Å². The minimum atomic E-state index is -0.0610. The molecule has 0 aliphatic heterocycles. The molecule has 0 atom stereocenters. The lowest BCUT2D eigenvalue weighted by Gasteiger charge is -2.04. The second kappa shape index (κ2) is 5.04. The first-order valence-corrected chi connectivity index (χ1v) is 7.18. The van der Waals surface area contributed by atoms with Gasteiger partial charge >= 0.3 is 0 Å². The molecule has 1 heterocycles. The number of hydrogen-bond acceptors (Lipinski definition) is 1. The summed E-state index contributed by atoms with van der Waals surface area (Å²) in [7, 11) is 0. The molecule has 3 nitrogen and oxygen atoms in total. The van der Waals surface area contributed by atoms with E-state index in [0.29, 0.717) is 0 Å². The van der Waals surface area contributed by atoms with E-state index in [-0.39, 0.29) is 5.56 Å². The molecule has 0 saturated heterocycles. The Bertz CT molecular complexity index is 997. The van der Waals surface area contributed by atoms with Gasteiger partial charge in [-0.1, -0.05) is 60.7 Å². The van der Waals surface area contributed by atoms with Gasteiger partial charge in [0, 0.05) is 6.07 Å². The summed E-state index contributed by atoms with van der Waals surface area (Å²) in [6.45, 7) is 0. The normalized spacial score (nSPS) is 10.9. The predicted molar refractivity (Wildman–Crippen MR) is 89.3 cm³/mol. The summed E-state index contributed by atoms with van der Waals surface area (Å²) in [6, 6.07) is 25.6. The van der Waals surface area contributed by atoms with E-state index in [4.69, 9.17) is 0 Å². The number of aromatic amines is 1. The van der Waals surface area contributed by atoms with Crippen LogP contribution in [-0.2, 0) is 0 Å². The summed E-state index contributed by atoms with van der Waals surface area (Å²) < 4.78 is 1.58. The van der Waals surface area contributed by atoms with Crippen molar-refractivity contribution in [3.8, 4) is 16.9 Å². The van der Waals surface area contributed by atoms with E-state index in [0.717, 1.165) is 27.7 Å². The highest BCUT2D eigenvalue weighted by Gasteiger charge is 2.07. The molecular formula is C19H14N2O. The van der Waals surface area contributed by atoms with Crippen molar-refractivity contribution in [3.63, 3.8) is 0 Å². The number of nitrogens with zero attached hydrogens (tertiary/aromatic N) is 1. The lowest BCUT2D eigenvalue weighted by atomic mass is 10.1. The predicted octanol–water partition coefficient (Wildman–Crippen LogP) is 3.99. The van der Waals surface area contributed by atoms with Gasteiger partial charge in [-0.3, -0.25) is 9.89 Å². The lowest BCUT2D eigenvalue weighted by molar-refractivity contribution is 0.854. The second-order valence-electron chi connectivity index (χ2n) is 5.24. The standard InChI is InChI=1S/C19H14N2O/c22-19-13-18(15-7-2-1-3-8-15)20-21(19)17-11-10-14-6-4-5-9-16(14)12-17/h1-13,20H. The average molecular weight is 286 g/mol. The molecule has 4 rings (SSSR count). The number of hydrogen-bond donors (Lipinski definition) is 1. The zero-order valence-corrected chi connectivity index (χ0v) is 11.9. The molecule has 1 N–H and O–H groups in total. The van der Waals surface area contributed by atoms with E-state index in [1.807, 2.05) is 66.7 Å². The minimum absolute atomic E-state index is 0.0610. The van der Waals surface area contributed by atoms with Crippen molar-refractivity contribution in [1.29, 1.82) is 0 Å². The summed E-state index contributed by atoms with van der Waals surface area (Å²) in [4.78, 5) is 12.3. The molecule has 0 aliphatic carbocycles. The van der Waals surface area contributed by atoms with E-state index in [2.05, 4.69) is 11.2 Å². The van der Waals surface area contributed by atoms with Crippen LogP contribution in [-0.4, -0.2) is 9.78 Å². The first kappa shape index (κ1) is 12.7. The van der Waals surface area contributed by atoms with Gasteiger partial charge in [-0.2, -0.15) is 0 Å². The van der Waals surface area contributed by atoms with Crippen LogP contribution in [0.4, 0.5) is 0 Å². The number of aromatic nitrogens is 2. The molecule has 0 unspecified atom stereocenters. The van der Waals surface area contributed by atoms with Gasteiger partial charge in [0.15, 0.2) is 0 Å². The molecule has 0 bridgehead atoms. The van der Waals surface area contributed by atoms with Gasteiger partial charge in [-0.05, 0) is 28.5 Å². The highest BCUT2D eigenvalue weighted by atomic mass is 16.1. The number of H-pyrrole nitrogens is 1. The molecule has 3 heteroatoms. The highest BCUT2D eigenvalue weighted by molar-refractivity contribution is 5.84. The Morgan fingerprint density at radius 1 is 0.727 bits per heavy atom. The fraction of sp³-hybridized carbons (Fsp3) is 0. The third kappa shape index (κ3) is 2.13. The topological polar surface area (TPSA) is 37.8 Å². The molecule has 0 aliphatic rings. The lowest BCUT2D eigenvalue weighted by Crippen LogP contribution is -2.13. The maximum absolute atomic E-state index is 12.3. The summed E-state index contributed by atoms with van der Waals surface area (Å²) >= 11 is 0. The van der Waals surface area contributed by atoms with Gasteiger partial charge in [-0.25, -0.2) is 4.68 Å². The van der Waals surface area contributed by atoms with Gasteiger partial charge in [-0.15, -0.1) is 0 Å². The summed E-state index contributed by atoms with van der Waals surface area (Å²) in [5.74, 6) is 0. The Hall–Kier alpha value is -3.07. The Morgan fingerprint density at radius 2 is 1.45 bits per heavy atom. The van der Waals surface area contributed by atoms with E-state index in [9.17, 15) is 4.79 Å². The number of nitrogens with one attached hydrogen (secondary N) is 1. The van der Waals surface area contributed by atoms with E-state index in [1.54, 1.807) is 10.7 Å². The Morgan fingerprint density at radius 3 is 2.27 bits per heavy atom. The van der Waals surface area contributed by atoms with Gasteiger partial charge in [0.25, 0.3) is 5.56 Å². The molecule has 1 aromatic heterocycles. The monoisotopic (exact) mass is 286 g/mol. The quantitative estimate of drug-likeness (QED) is 0.594. The third-order valence-corrected chi connectivity index (χ3v) is 3.80. The van der Waals surface area contributed by atoms with Crippen LogP contribution < -0.4 is 5.56 Å². The minimum Gasteiger partial charge on any atom is -0.290 e. The largest absolute Gasteiger partial charge is 0.290 e. The van der Waals surface area contributed by atoms with Crippen LogP contribution in [0.3, 0.4) is 0 Å². The van der Waals surface area contributed by atoms with Crippen molar-refractivity contribution in [2.75, 3.05) is 0 Å². The zero-order valence-electron chi connectivity index (χ0n) is 11.9. The number of benzene rings is 3. The van der Waals surface area contributed by atoms with Gasteiger partial charge in [0.1, 0.15) is 0 Å². The van der Waals surface area contributed by atoms with Crippen LogP contribution >= 0.6 is 0 Å². The van der Waals surface area contributed by atoms with E-state index in [1.165, 1.54) is 0 Å².